The van der Waals surface area contributed by atoms with Crippen LogP contribution in [0.5, 0.6) is 0 Å². The first kappa shape index (κ1) is 15.3. The van der Waals surface area contributed by atoms with Gasteiger partial charge in [-0.2, -0.15) is 0 Å². The molecular weight excluding hydrogens is 252 g/mol. The van der Waals surface area contributed by atoms with Crippen molar-refractivity contribution >= 4 is 5.95 Å². The van der Waals surface area contributed by atoms with Crippen LogP contribution in [0.25, 0.3) is 0 Å². The maximum absolute atomic E-state index is 5.20. The van der Waals surface area contributed by atoms with E-state index in [1.807, 2.05) is 0 Å². The summed E-state index contributed by atoms with van der Waals surface area (Å²) in [6, 6.07) is 0. The molecular formula is C15H28N4O. The Morgan fingerprint density at radius 1 is 1.45 bits per heavy atom. The maximum atomic E-state index is 5.20. The fraction of sp³-hybridized carbons (Fsp3) is 0.800. The number of imidazole rings is 1. The van der Waals surface area contributed by atoms with Crippen molar-refractivity contribution in [3.63, 3.8) is 0 Å². The van der Waals surface area contributed by atoms with E-state index in [9.17, 15) is 0 Å². The monoisotopic (exact) mass is 280 g/mol. The average Bonchev–Trinajstić information content (AvgIpc) is 2.84. The molecule has 1 aliphatic heterocycles. The quantitative estimate of drug-likeness (QED) is 0.825. The molecule has 0 spiro atoms. The first-order chi connectivity index (χ1) is 9.74. The van der Waals surface area contributed by atoms with Crippen LogP contribution in [0.4, 0.5) is 5.95 Å². The molecule has 1 aromatic rings. The van der Waals surface area contributed by atoms with Crippen LogP contribution in [-0.2, 0) is 11.3 Å². The van der Waals surface area contributed by atoms with Gasteiger partial charge in [0.25, 0.3) is 0 Å². The van der Waals surface area contributed by atoms with Crippen LogP contribution in [0.1, 0.15) is 25.5 Å². The third kappa shape index (κ3) is 3.96. The molecule has 5 nitrogen and oxygen atoms in total. The number of hydrogen-bond acceptors (Lipinski definition) is 4. The van der Waals surface area contributed by atoms with Gasteiger partial charge in [0.2, 0.25) is 5.95 Å². The van der Waals surface area contributed by atoms with E-state index in [0.717, 1.165) is 56.9 Å². The molecule has 5 heteroatoms. The summed E-state index contributed by atoms with van der Waals surface area (Å²) in [6.07, 6.45) is 4.67. The van der Waals surface area contributed by atoms with Gasteiger partial charge < -0.3 is 19.5 Å². The Kier molecular flexibility index (Phi) is 5.86. The Bertz CT molecular complexity index is 399. The lowest BCUT2D eigenvalue weighted by Gasteiger charge is -2.30. The van der Waals surface area contributed by atoms with Gasteiger partial charge in [0.05, 0.1) is 12.3 Å². The minimum Gasteiger partial charge on any atom is -0.383 e. The van der Waals surface area contributed by atoms with Crippen molar-refractivity contribution in [2.75, 3.05) is 44.8 Å². The molecule has 1 aromatic heterocycles. The molecule has 0 atom stereocenters. The number of ether oxygens (including phenoxy) is 1. The Morgan fingerprint density at radius 3 is 2.85 bits per heavy atom. The summed E-state index contributed by atoms with van der Waals surface area (Å²) in [5.74, 6) is 1.88. The summed E-state index contributed by atoms with van der Waals surface area (Å²) >= 11 is 0. The third-order valence-corrected chi connectivity index (χ3v) is 4.01. The van der Waals surface area contributed by atoms with Crippen LogP contribution < -0.4 is 10.2 Å². The Labute approximate surface area is 122 Å². The van der Waals surface area contributed by atoms with E-state index in [1.54, 1.807) is 7.11 Å². The first-order valence-electron chi connectivity index (χ1n) is 7.73. The number of nitrogens with one attached hydrogen (secondary N) is 1. The molecule has 0 bridgehead atoms. The molecule has 0 aliphatic carbocycles. The molecule has 0 aromatic carbocycles. The summed E-state index contributed by atoms with van der Waals surface area (Å²) in [7, 11) is 1.75. The van der Waals surface area contributed by atoms with Crippen LogP contribution in [0.3, 0.4) is 0 Å². The number of anilines is 1. The molecule has 0 radical (unpaired) electrons. The van der Waals surface area contributed by atoms with Gasteiger partial charge >= 0.3 is 0 Å². The number of rotatable bonds is 7. The lowest BCUT2D eigenvalue weighted by atomic mass is 9.98. The van der Waals surface area contributed by atoms with Gasteiger partial charge in [-0.05, 0) is 45.7 Å². The van der Waals surface area contributed by atoms with Crippen molar-refractivity contribution in [3.8, 4) is 0 Å². The lowest BCUT2D eigenvalue weighted by molar-refractivity contribution is 0.187. The van der Waals surface area contributed by atoms with Crippen molar-refractivity contribution in [1.29, 1.82) is 0 Å². The number of methoxy groups -OCH3 is 1. The van der Waals surface area contributed by atoms with Gasteiger partial charge in [-0.3, -0.25) is 0 Å². The number of piperidine rings is 1. The van der Waals surface area contributed by atoms with Gasteiger partial charge in [-0.25, -0.2) is 4.98 Å². The average molecular weight is 280 g/mol. The molecule has 0 saturated carbocycles. The second kappa shape index (κ2) is 7.64. The van der Waals surface area contributed by atoms with Crippen LogP contribution in [0.2, 0.25) is 0 Å². The summed E-state index contributed by atoms with van der Waals surface area (Å²) < 4.78 is 7.42. The number of aryl methyl sites for hydroxylation is 1. The molecule has 1 fully saturated rings. The highest BCUT2D eigenvalue weighted by molar-refractivity contribution is 5.33. The normalized spacial score (nSPS) is 16.6. The highest BCUT2D eigenvalue weighted by atomic mass is 16.5. The van der Waals surface area contributed by atoms with Crippen molar-refractivity contribution in [3.05, 3.63) is 11.9 Å². The molecule has 2 heterocycles. The topological polar surface area (TPSA) is 42.3 Å². The third-order valence-electron chi connectivity index (χ3n) is 4.01. The Hall–Kier alpha value is -1.07. The van der Waals surface area contributed by atoms with Crippen molar-refractivity contribution in [2.24, 2.45) is 5.92 Å². The van der Waals surface area contributed by atoms with Gasteiger partial charge in [-0.1, -0.05) is 0 Å². The number of nitrogens with zero attached hydrogens (tertiary/aromatic N) is 3. The smallest absolute Gasteiger partial charge is 0.205 e. The van der Waals surface area contributed by atoms with Crippen molar-refractivity contribution in [1.82, 2.24) is 14.9 Å². The maximum Gasteiger partial charge on any atom is 0.205 e. The lowest BCUT2D eigenvalue weighted by Crippen LogP contribution is -2.37. The van der Waals surface area contributed by atoms with Crippen LogP contribution in [0.15, 0.2) is 6.20 Å². The Morgan fingerprint density at radius 2 is 2.20 bits per heavy atom. The van der Waals surface area contributed by atoms with Crippen molar-refractivity contribution in [2.45, 2.75) is 33.2 Å². The molecule has 2 rings (SSSR count). The second-order valence-corrected chi connectivity index (χ2v) is 5.60. The second-order valence-electron chi connectivity index (χ2n) is 5.60. The van der Waals surface area contributed by atoms with Gasteiger partial charge in [-0.15, -0.1) is 0 Å². The highest BCUT2D eigenvalue weighted by Gasteiger charge is 2.19. The first-order valence-corrected chi connectivity index (χ1v) is 7.73. The molecule has 1 N–H and O–H groups in total. The van der Waals surface area contributed by atoms with E-state index in [-0.39, 0.29) is 0 Å². The fourth-order valence-electron chi connectivity index (χ4n) is 2.87. The summed E-state index contributed by atoms with van der Waals surface area (Å²) in [4.78, 5) is 7.13. The summed E-state index contributed by atoms with van der Waals surface area (Å²) in [5, 5.41) is 3.43. The standard InChI is InChI=1S/C15H28N4O/c1-4-18(12-14-5-7-16-8-6-14)15-17-13(2)11-19(15)9-10-20-3/h11,14,16H,4-10,12H2,1-3H3. The molecule has 114 valence electrons. The number of aromatic nitrogens is 2. The van der Waals surface area contributed by atoms with E-state index in [4.69, 9.17) is 9.72 Å². The molecule has 1 aliphatic rings. The zero-order chi connectivity index (χ0) is 14.4. The van der Waals surface area contributed by atoms with E-state index in [2.05, 4.69) is 34.8 Å². The summed E-state index contributed by atoms with van der Waals surface area (Å²) in [6.45, 7) is 10.3. The molecule has 1 saturated heterocycles. The summed E-state index contributed by atoms with van der Waals surface area (Å²) in [5.41, 5.74) is 1.08. The zero-order valence-corrected chi connectivity index (χ0v) is 13.1. The zero-order valence-electron chi connectivity index (χ0n) is 13.1. The predicted octanol–water partition coefficient (Wildman–Crippen LogP) is 1.66. The van der Waals surface area contributed by atoms with E-state index >= 15 is 0 Å². The van der Waals surface area contributed by atoms with Gasteiger partial charge in [0.1, 0.15) is 0 Å². The van der Waals surface area contributed by atoms with Gasteiger partial charge in [0.15, 0.2) is 0 Å². The predicted molar refractivity (Wildman–Crippen MR) is 82.3 cm³/mol. The fourth-order valence-corrected chi connectivity index (χ4v) is 2.87. The van der Waals surface area contributed by atoms with Crippen molar-refractivity contribution < 1.29 is 4.74 Å². The van der Waals surface area contributed by atoms with E-state index < -0.39 is 0 Å². The van der Waals surface area contributed by atoms with Gasteiger partial charge in [0, 0.05) is 32.9 Å². The molecule has 0 unspecified atom stereocenters. The van der Waals surface area contributed by atoms with Crippen LogP contribution in [-0.4, -0.2) is 49.4 Å². The SMILES string of the molecule is CCN(CC1CCNCC1)c1nc(C)cn1CCOC. The minimum atomic E-state index is 0.730. The largest absolute Gasteiger partial charge is 0.383 e. The Balaban J connectivity index is 2.05. The van der Waals surface area contributed by atoms with E-state index in [1.165, 1.54) is 12.8 Å². The molecule has 20 heavy (non-hydrogen) atoms. The number of hydrogen-bond donors (Lipinski definition) is 1. The highest BCUT2D eigenvalue weighted by Crippen LogP contribution is 2.19. The van der Waals surface area contributed by atoms with E-state index in [0.29, 0.717) is 0 Å². The van der Waals surface area contributed by atoms with Crippen LogP contribution in [0, 0.1) is 12.8 Å². The minimum absolute atomic E-state index is 0.730. The molecule has 0 amide bonds. The van der Waals surface area contributed by atoms with Crippen LogP contribution >= 0.6 is 0 Å².